The molecule has 2 aromatic carbocycles. The molecular weight excluding hydrogens is 440 g/mol. The summed E-state index contributed by atoms with van der Waals surface area (Å²) < 4.78 is 51.9. The van der Waals surface area contributed by atoms with Gasteiger partial charge in [-0.1, -0.05) is 35.4 Å². The van der Waals surface area contributed by atoms with Crippen molar-refractivity contribution in [3.05, 3.63) is 59.7 Å². The molecule has 0 radical (unpaired) electrons. The molecule has 0 spiro atoms. The number of carbonyl (C=O) groups is 2. The summed E-state index contributed by atoms with van der Waals surface area (Å²) >= 11 is 0. The first kappa shape index (κ1) is 23.5. The molecule has 10 nitrogen and oxygen atoms in total. The smallest absolute Gasteiger partial charge is 0.357 e. The van der Waals surface area contributed by atoms with E-state index in [0.717, 1.165) is 24.3 Å². The predicted molar refractivity (Wildman–Crippen MR) is 102 cm³/mol. The van der Waals surface area contributed by atoms with E-state index in [1.54, 1.807) is 13.8 Å². The van der Waals surface area contributed by atoms with Crippen LogP contribution in [-0.2, 0) is 29.3 Å². The molecule has 0 aliphatic rings. The molecule has 0 amide bonds. The molecule has 2 rings (SSSR count). The second-order valence-electron chi connectivity index (χ2n) is 6.53. The van der Waals surface area contributed by atoms with Crippen LogP contribution in [0.15, 0.2) is 58.3 Å². The van der Waals surface area contributed by atoms with Gasteiger partial charge in [0.25, 0.3) is 0 Å². The molecular formula is C18H18O10S2. The number of carboxylic acids is 2. The lowest BCUT2D eigenvalue weighted by Crippen LogP contribution is -2.70. The lowest BCUT2D eigenvalue weighted by Gasteiger charge is -2.35. The molecule has 30 heavy (non-hydrogen) atoms. The third-order valence-electron chi connectivity index (χ3n) is 4.48. The highest BCUT2D eigenvalue weighted by Gasteiger charge is 2.76. The third-order valence-corrected chi connectivity index (χ3v) is 8.89. The molecule has 0 aromatic heterocycles. The Morgan fingerprint density at radius 2 is 0.867 bits per heavy atom. The van der Waals surface area contributed by atoms with E-state index in [1.165, 1.54) is 24.3 Å². The van der Waals surface area contributed by atoms with E-state index in [1.807, 2.05) is 0 Å². The van der Waals surface area contributed by atoms with Crippen molar-refractivity contribution < 1.29 is 46.9 Å². The van der Waals surface area contributed by atoms with Gasteiger partial charge in [-0.05, 0) is 38.1 Å². The second kappa shape index (κ2) is 7.47. The summed E-state index contributed by atoms with van der Waals surface area (Å²) in [5.74, 6) is -5.58. The minimum atomic E-state index is -5.67. The van der Waals surface area contributed by atoms with Crippen LogP contribution in [0.25, 0.3) is 0 Å². The summed E-state index contributed by atoms with van der Waals surface area (Å²) in [6, 6.07) is 8.23. The van der Waals surface area contributed by atoms with Crippen LogP contribution in [0, 0.1) is 13.8 Å². The van der Waals surface area contributed by atoms with Gasteiger partial charge in [0, 0.05) is 0 Å². The van der Waals surface area contributed by atoms with Gasteiger partial charge in [0.2, 0.25) is 19.7 Å². The normalized spacial score (nSPS) is 16.3. The van der Waals surface area contributed by atoms with Crippen molar-refractivity contribution in [2.45, 2.75) is 33.5 Å². The van der Waals surface area contributed by atoms with Crippen LogP contribution in [0.5, 0.6) is 0 Å². The quantitative estimate of drug-likeness (QED) is 0.444. The van der Waals surface area contributed by atoms with Crippen LogP contribution in [0.2, 0.25) is 0 Å². The van der Waals surface area contributed by atoms with Crippen LogP contribution in [0.4, 0.5) is 0 Å². The van der Waals surface area contributed by atoms with Crippen molar-refractivity contribution in [3.63, 3.8) is 0 Å². The van der Waals surface area contributed by atoms with E-state index in [0.29, 0.717) is 11.1 Å². The van der Waals surface area contributed by atoms with Crippen molar-refractivity contribution in [1.82, 2.24) is 0 Å². The number of rotatable bonds is 7. The van der Waals surface area contributed by atoms with Gasteiger partial charge in [0.05, 0.1) is 9.79 Å². The van der Waals surface area contributed by atoms with Crippen LogP contribution in [-0.4, -0.2) is 59.1 Å². The minimum Gasteiger partial charge on any atom is -0.478 e. The van der Waals surface area contributed by atoms with Gasteiger partial charge < -0.3 is 20.4 Å². The van der Waals surface area contributed by atoms with E-state index < -0.39 is 51.3 Å². The fourth-order valence-electron chi connectivity index (χ4n) is 2.66. The van der Waals surface area contributed by atoms with E-state index in [-0.39, 0.29) is 0 Å². The molecule has 162 valence electrons. The summed E-state index contributed by atoms with van der Waals surface area (Å²) in [6.07, 6.45) is 0. The first-order valence-corrected chi connectivity index (χ1v) is 11.1. The summed E-state index contributed by atoms with van der Waals surface area (Å²) in [4.78, 5) is 12.6. The Morgan fingerprint density at radius 1 is 0.633 bits per heavy atom. The molecule has 2 unspecified atom stereocenters. The number of hydrogen-bond acceptors (Lipinski definition) is 8. The number of aliphatic carboxylic acids is 2. The monoisotopic (exact) mass is 458 g/mol. The first-order valence-electron chi connectivity index (χ1n) is 8.18. The molecule has 0 bridgehead atoms. The van der Waals surface area contributed by atoms with Gasteiger partial charge in [-0.25, -0.2) is 26.4 Å². The predicted octanol–water partition coefficient (Wildman–Crippen LogP) is 0.0974. The number of carboxylic acid groups (broad SMARTS) is 2. The highest BCUT2D eigenvalue weighted by atomic mass is 32.2. The van der Waals surface area contributed by atoms with Crippen LogP contribution >= 0.6 is 0 Å². The fraction of sp³-hybridized carbons (Fsp3) is 0.222. The molecule has 0 saturated heterocycles. The molecule has 0 heterocycles. The van der Waals surface area contributed by atoms with Crippen LogP contribution in [0.1, 0.15) is 11.1 Å². The number of sulfone groups is 2. The number of aliphatic hydroxyl groups is 2. The molecule has 2 atom stereocenters. The van der Waals surface area contributed by atoms with Gasteiger partial charge in [-0.3, -0.25) is 0 Å². The van der Waals surface area contributed by atoms with Crippen molar-refractivity contribution in [3.8, 4) is 0 Å². The Morgan fingerprint density at radius 3 is 1.07 bits per heavy atom. The van der Waals surface area contributed by atoms with E-state index in [9.17, 15) is 46.9 Å². The Bertz CT molecular complexity index is 1100. The Balaban J connectivity index is 2.93. The minimum absolute atomic E-state index is 0.536. The van der Waals surface area contributed by atoms with Gasteiger partial charge in [0.1, 0.15) is 0 Å². The SMILES string of the molecule is Cc1ccc(S(=O)(=O)C(O)(C(=O)O)C(O)(C(=O)O)S(=O)(=O)c2ccc(C)cc2)cc1. The maximum Gasteiger partial charge on any atom is 0.357 e. The van der Waals surface area contributed by atoms with Crippen molar-refractivity contribution in [1.29, 1.82) is 0 Å². The maximum atomic E-state index is 13.0. The summed E-state index contributed by atoms with van der Waals surface area (Å²) in [7, 11) is -11.3. The highest BCUT2D eigenvalue weighted by Crippen LogP contribution is 2.41. The fourth-order valence-corrected chi connectivity index (χ4v) is 6.35. The van der Waals surface area contributed by atoms with Gasteiger partial charge in [-0.2, -0.15) is 0 Å². The highest BCUT2D eigenvalue weighted by molar-refractivity contribution is 7.98. The molecule has 12 heteroatoms. The average molecular weight is 458 g/mol. The van der Waals surface area contributed by atoms with E-state index in [2.05, 4.69) is 0 Å². The lowest BCUT2D eigenvalue weighted by molar-refractivity contribution is -0.176. The standard InChI is InChI=1S/C18H18O10S2/c1-11-3-7-13(8-4-11)29(25,26)17(23,15(19)20)18(24,16(21)22)30(27,28)14-9-5-12(2)6-10-14/h3-10,23-24H,1-2H3,(H,19,20)(H,21,22). The van der Waals surface area contributed by atoms with Crippen LogP contribution < -0.4 is 0 Å². The van der Waals surface area contributed by atoms with E-state index in [4.69, 9.17) is 0 Å². The molecule has 0 fully saturated rings. The summed E-state index contributed by atoms with van der Waals surface area (Å²) in [6.45, 7) is 3.13. The third kappa shape index (κ3) is 3.17. The van der Waals surface area contributed by atoms with Crippen molar-refractivity contribution >= 4 is 31.6 Å². The zero-order chi connectivity index (χ0) is 23.1. The number of hydrogen-bond donors (Lipinski definition) is 4. The molecule has 0 saturated carbocycles. The number of benzene rings is 2. The Hall–Kier alpha value is -2.80. The molecule has 4 N–H and O–H groups in total. The Labute approximate surface area is 171 Å². The zero-order valence-corrected chi connectivity index (χ0v) is 17.3. The molecule has 2 aromatic rings. The topological polar surface area (TPSA) is 183 Å². The average Bonchev–Trinajstić information content (AvgIpc) is 2.66. The maximum absolute atomic E-state index is 13.0. The van der Waals surface area contributed by atoms with Crippen LogP contribution in [0.3, 0.4) is 0 Å². The summed E-state index contributed by atoms with van der Waals surface area (Å²) in [5, 5.41) is 40.4. The largest absolute Gasteiger partial charge is 0.478 e. The van der Waals surface area contributed by atoms with Gasteiger partial charge in [-0.15, -0.1) is 0 Å². The molecule has 0 aliphatic carbocycles. The first-order chi connectivity index (χ1) is 13.6. The van der Waals surface area contributed by atoms with E-state index >= 15 is 0 Å². The van der Waals surface area contributed by atoms with Crippen molar-refractivity contribution in [2.75, 3.05) is 0 Å². The lowest BCUT2D eigenvalue weighted by atomic mass is 10.2. The van der Waals surface area contributed by atoms with Crippen molar-refractivity contribution in [2.24, 2.45) is 0 Å². The van der Waals surface area contributed by atoms with Gasteiger partial charge in [0.15, 0.2) is 0 Å². The second-order valence-corrected chi connectivity index (χ2v) is 10.7. The molecule has 0 aliphatic heterocycles. The number of aryl methyl sites for hydroxylation is 2. The zero-order valence-electron chi connectivity index (χ0n) is 15.7. The van der Waals surface area contributed by atoms with Gasteiger partial charge >= 0.3 is 21.8 Å². The summed E-state index contributed by atoms with van der Waals surface area (Å²) in [5.41, 5.74) is 1.07. The Kier molecular flexibility index (Phi) is 5.84.